The molecule has 1 aromatic carbocycles. The van der Waals surface area contributed by atoms with E-state index in [-0.39, 0.29) is 12.6 Å². The van der Waals surface area contributed by atoms with Crippen molar-refractivity contribution < 1.29 is 9.53 Å². The molecule has 0 unspecified atom stereocenters. The molecular formula is C13H15NO2. The molecule has 0 atom stereocenters. The largest absolute Gasteiger partial charge is 0.460 e. The summed E-state index contributed by atoms with van der Waals surface area (Å²) < 4.78 is 5.14. The molecule has 0 aromatic heterocycles. The summed E-state index contributed by atoms with van der Waals surface area (Å²) in [4.78, 5) is 11.5. The predicted octanol–water partition coefficient (Wildman–Crippen LogP) is 2.65. The minimum Gasteiger partial charge on any atom is -0.460 e. The molecule has 0 aliphatic heterocycles. The zero-order chi connectivity index (χ0) is 12.2. The van der Waals surface area contributed by atoms with Crippen LogP contribution in [0.5, 0.6) is 0 Å². The highest BCUT2D eigenvalue weighted by molar-refractivity contribution is 5.75. The van der Waals surface area contributed by atoms with Crippen LogP contribution < -0.4 is 0 Å². The highest BCUT2D eigenvalue weighted by Gasteiger charge is 2.22. The van der Waals surface area contributed by atoms with Crippen molar-refractivity contribution in [2.75, 3.05) is 0 Å². The molecule has 0 heterocycles. The van der Waals surface area contributed by atoms with E-state index in [1.807, 2.05) is 12.1 Å². The van der Waals surface area contributed by atoms with Gasteiger partial charge in [-0.25, -0.2) is 0 Å². The van der Waals surface area contributed by atoms with Crippen molar-refractivity contribution in [2.45, 2.75) is 27.4 Å². The maximum Gasteiger partial charge on any atom is 0.311 e. The normalized spacial score (nSPS) is 10.6. The third kappa shape index (κ3) is 3.39. The summed E-state index contributed by atoms with van der Waals surface area (Å²) in [5.74, 6) is -0.241. The summed E-state index contributed by atoms with van der Waals surface area (Å²) in [6, 6.07) is 9.09. The molecule has 16 heavy (non-hydrogen) atoms. The van der Waals surface area contributed by atoms with Gasteiger partial charge >= 0.3 is 5.97 Å². The fraction of sp³-hybridized carbons (Fsp3) is 0.385. The molecule has 0 spiro atoms. The maximum atomic E-state index is 11.5. The van der Waals surface area contributed by atoms with E-state index in [1.165, 1.54) is 0 Å². The summed E-state index contributed by atoms with van der Waals surface area (Å²) in [6.45, 7) is 5.63. The van der Waals surface area contributed by atoms with Crippen LogP contribution in [0.1, 0.15) is 31.9 Å². The van der Waals surface area contributed by atoms with Gasteiger partial charge in [0.25, 0.3) is 0 Å². The Hall–Kier alpha value is -1.82. The van der Waals surface area contributed by atoms with Gasteiger partial charge in [-0.05, 0) is 38.5 Å². The fourth-order valence-electron chi connectivity index (χ4n) is 1.10. The Morgan fingerprint density at radius 1 is 1.44 bits per heavy atom. The Morgan fingerprint density at radius 2 is 2.12 bits per heavy atom. The third-order valence-corrected chi connectivity index (χ3v) is 2.04. The van der Waals surface area contributed by atoms with Crippen LogP contribution in [0.4, 0.5) is 0 Å². The van der Waals surface area contributed by atoms with E-state index < -0.39 is 5.41 Å². The van der Waals surface area contributed by atoms with Gasteiger partial charge in [0.05, 0.1) is 17.0 Å². The van der Waals surface area contributed by atoms with Gasteiger partial charge in [0.15, 0.2) is 0 Å². The van der Waals surface area contributed by atoms with Gasteiger partial charge in [-0.15, -0.1) is 0 Å². The average Bonchev–Trinajstić information content (AvgIpc) is 2.25. The molecule has 3 heteroatoms. The van der Waals surface area contributed by atoms with Crippen LogP contribution in [0.15, 0.2) is 24.3 Å². The van der Waals surface area contributed by atoms with E-state index in [9.17, 15) is 4.79 Å². The van der Waals surface area contributed by atoms with Gasteiger partial charge in [0, 0.05) is 0 Å². The van der Waals surface area contributed by atoms with Crippen molar-refractivity contribution in [2.24, 2.45) is 5.41 Å². The molecule has 1 rings (SSSR count). The summed E-state index contributed by atoms with van der Waals surface area (Å²) in [6.07, 6.45) is 0. The van der Waals surface area contributed by atoms with Crippen molar-refractivity contribution in [3.63, 3.8) is 0 Å². The molecule has 1 aromatic rings. The number of carbonyl (C=O) groups is 1. The number of benzene rings is 1. The Labute approximate surface area is 95.7 Å². The van der Waals surface area contributed by atoms with Crippen molar-refractivity contribution in [3.8, 4) is 6.07 Å². The smallest absolute Gasteiger partial charge is 0.311 e. The number of hydrogen-bond donors (Lipinski definition) is 0. The van der Waals surface area contributed by atoms with Crippen LogP contribution in [-0.4, -0.2) is 5.97 Å². The molecule has 0 bridgehead atoms. The number of hydrogen-bond acceptors (Lipinski definition) is 3. The summed E-state index contributed by atoms with van der Waals surface area (Å²) in [5.41, 5.74) is 0.910. The maximum absolute atomic E-state index is 11.5. The minimum absolute atomic E-state index is 0.214. The highest BCUT2D eigenvalue weighted by Crippen LogP contribution is 2.16. The van der Waals surface area contributed by atoms with E-state index in [0.29, 0.717) is 5.56 Å². The van der Waals surface area contributed by atoms with Gasteiger partial charge in [0.2, 0.25) is 0 Å². The van der Waals surface area contributed by atoms with E-state index in [1.54, 1.807) is 39.0 Å². The second-order valence-electron chi connectivity index (χ2n) is 4.64. The van der Waals surface area contributed by atoms with E-state index in [0.717, 1.165) is 5.56 Å². The van der Waals surface area contributed by atoms with Gasteiger partial charge < -0.3 is 4.74 Å². The number of nitriles is 1. The number of carbonyl (C=O) groups excluding carboxylic acids is 1. The van der Waals surface area contributed by atoms with Crippen molar-refractivity contribution in [1.82, 2.24) is 0 Å². The van der Waals surface area contributed by atoms with Crippen molar-refractivity contribution in [1.29, 1.82) is 5.26 Å². The molecule has 0 saturated heterocycles. The molecule has 0 saturated carbocycles. The summed E-state index contributed by atoms with van der Waals surface area (Å²) >= 11 is 0. The lowest BCUT2D eigenvalue weighted by molar-refractivity contribution is -0.154. The van der Waals surface area contributed by atoms with Gasteiger partial charge in [-0.2, -0.15) is 5.26 Å². The molecule has 0 aliphatic carbocycles. The second-order valence-corrected chi connectivity index (χ2v) is 4.64. The highest BCUT2D eigenvalue weighted by atomic mass is 16.5. The second kappa shape index (κ2) is 4.80. The standard InChI is InChI=1S/C13H15NO2/c1-13(2,3)12(15)16-9-11-6-4-5-10(7-11)8-14/h4-7H,9H2,1-3H3. The number of ether oxygens (including phenoxy) is 1. The minimum atomic E-state index is -0.493. The monoisotopic (exact) mass is 217 g/mol. The molecule has 84 valence electrons. The summed E-state index contributed by atoms with van der Waals surface area (Å²) in [7, 11) is 0. The van der Waals surface area contributed by atoms with E-state index in [2.05, 4.69) is 0 Å². The molecule has 0 amide bonds. The van der Waals surface area contributed by atoms with Crippen LogP contribution in [-0.2, 0) is 16.1 Å². The van der Waals surface area contributed by atoms with Gasteiger partial charge in [-0.3, -0.25) is 4.79 Å². The van der Waals surface area contributed by atoms with Crippen molar-refractivity contribution >= 4 is 5.97 Å². The predicted molar refractivity (Wildman–Crippen MR) is 60.4 cm³/mol. The molecular weight excluding hydrogens is 202 g/mol. The van der Waals surface area contributed by atoms with E-state index >= 15 is 0 Å². The van der Waals surface area contributed by atoms with Crippen LogP contribution in [0.2, 0.25) is 0 Å². The summed E-state index contributed by atoms with van der Waals surface area (Å²) in [5, 5.41) is 8.71. The van der Waals surface area contributed by atoms with Gasteiger partial charge in [0.1, 0.15) is 6.61 Å². The molecule has 3 nitrogen and oxygen atoms in total. The first-order valence-electron chi connectivity index (χ1n) is 5.10. The average molecular weight is 217 g/mol. The topological polar surface area (TPSA) is 50.1 Å². The first kappa shape index (κ1) is 12.3. The SMILES string of the molecule is CC(C)(C)C(=O)OCc1cccc(C#N)c1. The quantitative estimate of drug-likeness (QED) is 0.715. The zero-order valence-electron chi connectivity index (χ0n) is 9.78. The number of nitrogens with zero attached hydrogens (tertiary/aromatic N) is 1. The first-order chi connectivity index (χ1) is 7.43. The Bertz CT molecular complexity index is 424. The zero-order valence-corrected chi connectivity index (χ0v) is 9.78. The van der Waals surface area contributed by atoms with Crippen LogP contribution in [0.3, 0.4) is 0 Å². The van der Waals surface area contributed by atoms with Crippen molar-refractivity contribution in [3.05, 3.63) is 35.4 Å². The lowest BCUT2D eigenvalue weighted by Crippen LogP contribution is -2.22. The molecule has 0 aliphatic rings. The molecule has 0 fully saturated rings. The lowest BCUT2D eigenvalue weighted by atomic mass is 9.97. The van der Waals surface area contributed by atoms with Crippen LogP contribution >= 0.6 is 0 Å². The van der Waals surface area contributed by atoms with Crippen LogP contribution in [0.25, 0.3) is 0 Å². The Balaban J connectivity index is 2.62. The fourth-order valence-corrected chi connectivity index (χ4v) is 1.10. The first-order valence-corrected chi connectivity index (χ1v) is 5.10. The molecule has 0 radical (unpaired) electrons. The molecule has 0 N–H and O–H groups in total. The van der Waals surface area contributed by atoms with Gasteiger partial charge in [-0.1, -0.05) is 12.1 Å². The van der Waals surface area contributed by atoms with Crippen LogP contribution in [0, 0.1) is 16.7 Å². The Morgan fingerprint density at radius 3 is 2.69 bits per heavy atom. The Kier molecular flexibility index (Phi) is 3.68. The number of rotatable bonds is 2. The third-order valence-electron chi connectivity index (χ3n) is 2.04. The van der Waals surface area contributed by atoms with E-state index in [4.69, 9.17) is 10.00 Å². The number of esters is 1. The lowest BCUT2D eigenvalue weighted by Gasteiger charge is -2.16.